The molecule has 2 nitrogen and oxygen atoms in total. The van der Waals surface area contributed by atoms with Crippen molar-refractivity contribution < 1.29 is 0 Å². The van der Waals surface area contributed by atoms with Gasteiger partial charge in [0.25, 0.3) is 0 Å². The van der Waals surface area contributed by atoms with Gasteiger partial charge in [0.1, 0.15) is 0 Å². The number of para-hydroxylation sites is 1. The van der Waals surface area contributed by atoms with Gasteiger partial charge in [-0.1, -0.05) is 38.1 Å². The maximum Gasteiger partial charge on any atom is 0.171 e. The summed E-state index contributed by atoms with van der Waals surface area (Å²) < 4.78 is 0. The molecule has 4 heteroatoms. The predicted octanol–water partition coefficient (Wildman–Crippen LogP) is 4.43. The Balaban J connectivity index is 2.00. The molecule has 0 aliphatic rings. The monoisotopic (exact) mass is 290 g/mol. The number of thiophene rings is 1. The van der Waals surface area contributed by atoms with E-state index in [0.717, 1.165) is 5.69 Å². The van der Waals surface area contributed by atoms with Crippen LogP contribution in [0.4, 0.5) is 5.69 Å². The summed E-state index contributed by atoms with van der Waals surface area (Å²) in [5.41, 5.74) is 1.01. The Morgan fingerprint density at radius 2 is 1.84 bits per heavy atom. The van der Waals surface area contributed by atoms with Gasteiger partial charge in [-0.15, -0.1) is 11.3 Å². The molecular weight excluding hydrogens is 272 g/mol. The van der Waals surface area contributed by atoms with Crippen LogP contribution in [0.5, 0.6) is 0 Å². The molecular formula is C15H18N2S2. The lowest BCUT2D eigenvalue weighted by Gasteiger charge is -2.23. The fraction of sp³-hybridized carbons (Fsp3) is 0.267. The van der Waals surface area contributed by atoms with Crippen molar-refractivity contribution in [2.75, 3.05) is 5.32 Å². The standard InChI is InChI=1S/C15H18N2S2/c1-11(2)14(13-9-6-10-19-13)17-15(18)16-12-7-4-3-5-8-12/h3-11,14H,1-2H3,(H2,16,17,18). The first kappa shape index (κ1) is 14.0. The van der Waals surface area contributed by atoms with Crippen LogP contribution in [0, 0.1) is 5.92 Å². The molecule has 0 spiro atoms. The molecule has 19 heavy (non-hydrogen) atoms. The topological polar surface area (TPSA) is 24.1 Å². The van der Waals surface area contributed by atoms with Crippen molar-refractivity contribution in [1.82, 2.24) is 5.32 Å². The molecule has 0 bridgehead atoms. The first-order valence-corrected chi connectivity index (χ1v) is 7.61. The van der Waals surface area contributed by atoms with E-state index in [2.05, 4.69) is 42.0 Å². The van der Waals surface area contributed by atoms with E-state index >= 15 is 0 Å². The summed E-state index contributed by atoms with van der Waals surface area (Å²) in [6.07, 6.45) is 0. The summed E-state index contributed by atoms with van der Waals surface area (Å²) in [5, 5.41) is 9.37. The molecule has 1 aromatic carbocycles. The summed E-state index contributed by atoms with van der Waals surface area (Å²) in [7, 11) is 0. The van der Waals surface area contributed by atoms with E-state index in [1.54, 1.807) is 11.3 Å². The van der Waals surface area contributed by atoms with Crippen LogP contribution in [0.1, 0.15) is 24.8 Å². The molecule has 0 saturated carbocycles. The summed E-state index contributed by atoms with van der Waals surface area (Å²) in [5.74, 6) is 0.481. The minimum absolute atomic E-state index is 0.253. The number of thiocarbonyl (C=S) groups is 1. The van der Waals surface area contributed by atoms with E-state index in [1.165, 1.54) is 4.88 Å². The number of nitrogens with one attached hydrogen (secondary N) is 2. The van der Waals surface area contributed by atoms with Crippen molar-refractivity contribution in [3.8, 4) is 0 Å². The van der Waals surface area contributed by atoms with E-state index in [0.29, 0.717) is 11.0 Å². The molecule has 0 fully saturated rings. The van der Waals surface area contributed by atoms with Gasteiger partial charge in [0, 0.05) is 10.6 Å². The van der Waals surface area contributed by atoms with Crippen LogP contribution in [-0.2, 0) is 0 Å². The number of hydrogen-bond acceptors (Lipinski definition) is 2. The maximum absolute atomic E-state index is 5.39. The van der Waals surface area contributed by atoms with Gasteiger partial charge in [0.2, 0.25) is 0 Å². The lowest BCUT2D eigenvalue weighted by molar-refractivity contribution is 0.480. The average Bonchev–Trinajstić information content (AvgIpc) is 2.90. The molecule has 0 amide bonds. The largest absolute Gasteiger partial charge is 0.355 e. The molecule has 0 aliphatic carbocycles. The fourth-order valence-electron chi connectivity index (χ4n) is 1.86. The Labute approximate surface area is 123 Å². The zero-order valence-electron chi connectivity index (χ0n) is 11.1. The second-order valence-corrected chi connectivity index (χ2v) is 6.09. The molecule has 1 atom stereocenters. The van der Waals surface area contributed by atoms with E-state index in [4.69, 9.17) is 12.2 Å². The Bertz CT molecular complexity index is 506. The van der Waals surface area contributed by atoms with Gasteiger partial charge in [-0.25, -0.2) is 0 Å². The van der Waals surface area contributed by atoms with Gasteiger partial charge in [-0.05, 0) is 41.7 Å². The highest BCUT2D eigenvalue weighted by Crippen LogP contribution is 2.25. The summed E-state index contributed by atoms with van der Waals surface area (Å²) in [6, 6.07) is 14.5. The normalized spacial score (nSPS) is 12.2. The van der Waals surface area contributed by atoms with Gasteiger partial charge in [0.05, 0.1) is 6.04 Å². The SMILES string of the molecule is CC(C)C(NC(=S)Nc1ccccc1)c1cccs1. The van der Waals surface area contributed by atoms with Crippen molar-refractivity contribution in [2.24, 2.45) is 5.92 Å². The third-order valence-electron chi connectivity index (χ3n) is 2.83. The Kier molecular flexibility index (Phi) is 4.93. The van der Waals surface area contributed by atoms with Crippen molar-refractivity contribution in [3.63, 3.8) is 0 Å². The van der Waals surface area contributed by atoms with Crippen LogP contribution in [0.2, 0.25) is 0 Å². The summed E-state index contributed by atoms with van der Waals surface area (Å²) in [4.78, 5) is 1.31. The van der Waals surface area contributed by atoms with Gasteiger partial charge >= 0.3 is 0 Å². The minimum Gasteiger partial charge on any atom is -0.355 e. The quantitative estimate of drug-likeness (QED) is 0.814. The predicted molar refractivity (Wildman–Crippen MR) is 87.7 cm³/mol. The number of hydrogen-bond donors (Lipinski definition) is 2. The smallest absolute Gasteiger partial charge is 0.171 e. The zero-order valence-corrected chi connectivity index (χ0v) is 12.7. The Hall–Kier alpha value is -1.39. The van der Waals surface area contributed by atoms with E-state index in [1.807, 2.05) is 30.3 Å². The number of rotatable bonds is 4. The minimum atomic E-state index is 0.253. The van der Waals surface area contributed by atoms with Crippen LogP contribution < -0.4 is 10.6 Å². The Morgan fingerprint density at radius 3 is 2.42 bits per heavy atom. The highest BCUT2D eigenvalue weighted by atomic mass is 32.1. The van der Waals surface area contributed by atoms with Gasteiger partial charge in [0.15, 0.2) is 5.11 Å². The number of anilines is 1. The lowest BCUT2D eigenvalue weighted by Crippen LogP contribution is -2.34. The van der Waals surface area contributed by atoms with Crippen molar-refractivity contribution in [3.05, 3.63) is 52.7 Å². The van der Waals surface area contributed by atoms with Crippen molar-refractivity contribution in [2.45, 2.75) is 19.9 Å². The second kappa shape index (κ2) is 6.68. The van der Waals surface area contributed by atoms with Gasteiger partial charge in [-0.2, -0.15) is 0 Å². The van der Waals surface area contributed by atoms with Crippen LogP contribution in [0.15, 0.2) is 47.8 Å². The van der Waals surface area contributed by atoms with Crippen molar-refractivity contribution in [1.29, 1.82) is 0 Å². The van der Waals surface area contributed by atoms with Crippen LogP contribution in [-0.4, -0.2) is 5.11 Å². The molecule has 0 aliphatic heterocycles. The average molecular weight is 290 g/mol. The fourth-order valence-corrected chi connectivity index (χ4v) is 3.06. The molecule has 2 rings (SSSR count). The third-order valence-corrected chi connectivity index (χ3v) is 4.01. The van der Waals surface area contributed by atoms with Crippen LogP contribution in [0.25, 0.3) is 0 Å². The third kappa shape index (κ3) is 4.04. The van der Waals surface area contributed by atoms with E-state index in [9.17, 15) is 0 Å². The molecule has 1 heterocycles. The number of benzene rings is 1. The first-order chi connectivity index (χ1) is 9.16. The molecule has 0 saturated heterocycles. The lowest BCUT2D eigenvalue weighted by atomic mass is 10.0. The Morgan fingerprint density at radius 1 is 1.11 bits per heavy atom. The molecule has 1 unspecified atom stereocenters. The highest BCUT2D eigenvalue weighted by Gasteiger charge is 2.17. The highest BCUT2D eigenvalue weighted by molar-refractivity contribution is 7.80. The maximum atomic E-state index is 5.39. The second-order valence-electron chi connectivity index (χ2n) is 4.70. The summed E-state index contributed by atoms with van der Waals surface area (Å²) >= 11 is 7.15. The van der Waals surface area contributed by atoms with Gasteiger partial charge < -0.3 is 10.6 Å². The molecule has 1 aromatic heterocycles. The molecule has 2 aromatic rings. The molecule has 0 radical (unpaired) electrons. The van der Waals surface area contributed by atoms with E-state index in [-0.39, 0.29) is 6.04 Å². The zero-order chi connectivity index (χ0) is 13.7. The van der Waals surface area contributed by atoms with E-state index < -0.39 is 0 Å². The first-order valence-electron chi connectivity index (χ1n) is 6.33. The van der Waals surface area contributed by atoms with Gasteiger partial charge in [-0.3, -0.25) is 0 Å². The summed E-state index contributed by atoms with van der Waals surface area (Å²) in [6.45, 7) is 4.39. The van der Waals surface area contributed by atoms with Crippen LogP contribution >= 0.6 is 23.6 Å². The van der Waals surface area contributed by atoms with Crippen LogP contribution in [0.3, 0.4) is 0 Å². The molecule has 100 valence electrons. The molecule has 2 N–H and O–H groups in total. The van der Waals surface area contributed by atoms with Crippen molar-refractivity contribution >= 4 is 34.4 Å².